The number of rotatable bonds is 4. The predicted molar refractivity (Wildman–Crippen MR) is 67.6 cm³/mol. The Morgan fingerprint density at radius 1 is 1.59 bits per heavy atom. The Morgan fingerprint density at radius 3 is 2.88 bits per heavy atom. The lowest BCUT2D eigenvalue weighted by Gasteiger charge is -2.10. The quantitative estimate of drug-likeness (QED) is 0.927. The first-order chi connectivity index (χ1) is 8.02. The molecule has 0 heterocycles. The first kappa shape index (κ1) is 13.5. The molecule has 0 bridgehead atoms. The van der Waals surface area contributed by atoms with E-state index in [1.807, 2.05) is 19.9 Å². The molecule has 1 N–H and O–H groups in total. The van der Waals surface area contributed by atoms with Gasteiger partial charge in [-0.25, -0.2) is 0 Å². The second kappa shape index (κ2) is 6.26. The van der Waals surface area contributed by atoms with E-state index in [1.165, 1.54) is 0 Å². The van der Waals surface area contributed by atoms with E-state index in [9.17, 15) is 4.79 Å². The number of ether oxygens (including phenoxy) is 1. The minimum Gasteiger partial charge on any atom is -0.482 e. The molecule has 1 aromatic rings. The van der Waals surface area contributed by atoms with Gasteiger partial charge in [0.05, 0.1) is 5.56 Å². The summed E-state index contributed by atoms with van der Waals surface area (Å²) < 4.78 is 6.09. The molecule has 0 spiro atoms. The molecule has 0 saturated carbocycles. The number of hydrogen-bond acceptors (Lipinski definition) is 3. The molecule has 0 atom stereocenters. The van der Waals surface area contributed by atoms with Gasteiger partial charge < -0.3 is 10.1 Å². The second-order valence-electron chi connectivity index (χ2n) is 3.76. The lowest BCUT2D eigenvalue weighted by Crippen LogP contribution is -2.34. The summed E-state index contributed by atoms with van der Waals surface area (Å²) in [5.41, 5.74) is 0.400. The largest absolute Gasteiger partial charge is 0.482 e. The van der Waals surface area contributed by atoms with Gasteiger partial charge in [0.2, 0.25) is 0 Å². The number of nitriles is 1. The van der Waals surface area contributed by atoms with E-state index in [1.54, 1.807) is 18.2 Å². The van der Waals surface area contributed by atoms with Crippen molar-refractivity contribution in [2.24, 2.45) is 0 Å². The van der Waals surface area contributed by atoms with Gasteiger partial charge in [-0.05, 0) is 32.0 Å². The summed E-state index contributed by atoms with van der Waals surface area (Å²) in [7, 11) is 0. The molecule has 0 unspecified atom stereocenters. The van der Waals surface area contributed by atoms with Crippen LogP contribution in [-0.4, -0.2) is 18.6 Å². The van der Waals surface area contributed by atoms with Gasteiger partial charge in [-0.2, -0.15) is 5.26 Å². The Labute approximate surface area is 109 Å². The van der Waals surface area contributed by atoms with Crippen LogP contribution in [0.25, 0.3) is 0 Å². The van der Waals surface area contributed by atoms with Crippen molar-refractivity contribution in [1.29, 1.82) is 5.26 Å². The Balaban J connectivity index is 2.64. The highest BCUT2D eigenvalue weighted by molar-refractivity contribution is 9.10. The van der Waals surface area contributed by atoms with Crippen LogP contribution in [0, 0.1) is 11.3 Å². The maximum Gasteiger partial charge on any atom is 0.258 e. The van der Waals surface area contributed by atoms with Crippen molar-refractivity contribution in [3.05, 3.63) is 28.2 Å². The summed E-state index contributed by atoms with van der Waals surface area (Å²) in [5.74, 6) is 0.210. The highest BCUT2D eigenvalue weighted by atomic mass is 79.9. The summed E-state index contributed by atoms with van der Waals surface area (Å²) in [6, 6.07) is 7.16. The van der Waals surface area contributed by atoms with Crippen molar-refractivity contribution in [2.75, 3.05) is 6.61 Å². The number of nitrogens with zero attached hydrogens (tertiary/aromatic N) is 1. The zero-order valence-electron chi connectivity index (χ0n) is 9.66. The molecular weight excluding hydrogens is 284 g/mol. The van der Waals surface area contributed by atoms with Gasteiger partial charge in [0.25, 0.3) is 5.91 Å². The van der Waals surface area contributed by atoms with Crippen LogP contribution in [0.15, 0.2) is 22.7 Å². The highest BCUT2D eigenvalue weighted by Crippen LogP contribution is 2.22. The SMILES string of the molecule is CC(C)NC(=O)COc1ccc(Br)cc1C#N. The van der Waals surface area contributed by atoms with E-state index in [0.717, 1.165) is 4.47 Å². The molecule has 0 radical (unpaired) electrons. The molecule has 17 heavy (non-hydrogen) atoms. The molecule has 0 aliphatic heterocycles. The van der Waals surface area contributed by atoms with Gasteiger partial charge in [-0.3, -0.25) is 4.79 Å². The third-order valence-electron chi connectivity index (χ3n) is 1.87. The number of carbonyl (C=O) groups is 1. The van der Waals surface area contributed by atoms with Gasteiger partial charge in [0, 0.05) is 10.5 Å². The van der Waals surface area contributed by atoms with E-state index >= 15 is 0 Å². The average Bonchev–Trinajstić information content (AvgIpc) is 2.26. The smallest absolute Gasteiger partial charge is 0.258 e. The molecule has 0 aliphatic rings. The third-order valence-corrected chi connectivity index (χ3v) is 2.36. The van der Waals surface area contributed by atoms with Crippen molar-refractivity contribution in [2.45, 2.75) is 19.9 Å². The molecule has 0 saturated heterocycles. The maximum atomic E-state index is 11.4. The topological polar surface area (TPSA) is 62.1 Å². The van der Waals surface area contributed by atoms with Crippen molar-refractivity contribution < 1.29 is 9.53 Å². The van der Waals surface area contributed by atoms with Gasteiger partial charge in [-0.15, -0.1) is 0 Å². The summed E-state index contributed by atoms with van der Waals surface area (Å²) in [4.78, 5) is 11.4. The highest BCUT2D eigenvalue weighted by Gasteiger charge is 2.07. The molecule has 4 nitrogen and oxygen atoms in total. The zero-order chi connectivity index (χ0) is 12.8. The Bertz CT molecular complexity index is 452. The monoisotopic (exact) mass is 296 g/mol. The number of hydrogen-bond donors (Lipinski definition) is 1. The molecule has 5 heteroatoms. The summed E-state index contributed by atoms with van der Waals surface area (Å²) in [5, 5.41) is 11.6. The van der Waals surface area contributed by atoms with Crippen LogP contribution in [0.4, 0.5) is 0 Å². The van der Waals surface area contributed by atoms with E-state index in [2.05, 4.69) is 21.2 Å². The van der Waals surface area contributed by atoms with E-state index in [4.69, 9.17) is 10.00 Å². The van der Waals surface area contributed by atoms with Gasteiger partial charge >= 0.3 is 0 Å². The minimum absolute atomic E-state index is 0.0754. The van der Waals surface area contributed by atoms with E-state index in [-0.39, 0.29) is 18.6 Å². The van der Waals surface area contributed by atoms with E-state index in [0.29, 0.717) is 11.3 Å². The number of benzene rings is 1. The van der Waals surface area contributed by atoms with Crippen LogP contribution in [0.5, 0.6) is 5.75 Å². The van der Waals surface area contributed by atoms with Crippen molar-refractivity contribution >= 4 is 21.8 Å². The summed E-state index contributed by atoms with van der Waals surface area (Å²) in [6.07, 6.45) is 0. The minimum atomic E-state index is -0.202. The van der Waals surface area contributed by atoms with Gasteiger partial charge in [0.1, 0.15) is 11.8 Å². The lowest BCUT2D eigenvalue weighted by molar-refractivity contribution is -0.123. The lowest BCUT2D eigenvalue weighted by atomic mass is 10.2. The molecule has 0 aliphatic carbocycles. The van der Waals surface area contributed by atoms with Crippen LogP contribution in [0.2, 0.25) is 0 Å². The van der Waals surface area contributed by atoms with Gasteiger partial charge in [-0.1, -0.05) is 15.9 Å². The molecule has 1 amide bonds. The Morgan fingerprint density at radius 2 is 2.29 bits per heavy atom. The van der Waals surface area contributed by atoms with Crippen molar-refractivity contribution in [3.8, 4) is 11.8 Å². The standard InChI is InChI=1S/C12H13BrN2O2/c1-8(2)15-12(16)7-17-11-4-3-10(13)5-9(11)6-14/h3-5,8H,7H2,1-2H3,(H,15,16). The molecule has 1 rings (SSSR count). The normalized spacial score (nSPS) is 9.82. The zero-order valence-corrected chi connectivity index (χ0v) is 11.2. The fourth-order valence-corrected chi connectivity index (χ4v) is 1.58. The number of halogens is 1. The molecule has 90 valence electrons. The molecular formula is C12H13BrN2O2. The van der Waals surface area contributed by atoms with Crippen molar-refractivity contribution in [1.82, 2.24) is 5.32 Å². The Kier molecular flexibility index (Phi) is 4.98. The Hall–Kier alpha value is -1.54. The number of carbonyl (C=O) groups excluding carboxylic acids is 1. The van der Waals surface area contributed by atoms with Gasteiger partial charge in [0.15, 0.2) is 6.61 Å². The van der Waals surface area contributed by atoms with Crippen LogP contribution >= 0.6 is 15.9 Å². The molecule has 1 aromatic carbocycles. The fraction of sp³-hybridized carbons (Fsp3) is 0.333. The van der Waals surface area contributed by atoms with Crippen LogP contribution in [0.1, 0.15) is 19.4 Å². The fourth-order valence-electron chi connectivity index (χ4n) is 1.22. The average molecular weight is 297 g/mol. The third kappa shape index (κ3) is 4.45. The predicted octanol–water partition coefficient (Wildman–Crippen LogP) is 2.22. The van der Waals surface area contributed by atoms with E-state index < -0.39 is 0 Å². The number of nitrogens with one attached hydrogen (secondary N) is 1. The second-order valence-corrected chi connectivity index (χ2v) is 4.68. The molecule has 0 aromatic heterocycles. The van der Waals surface area contributed by atoms with Crippen LogP contribution in [0.3, 0.4) is 0 Å². The number of amides is 1. The summed E-state index contributed by atoms with van der Waals surface area (Å²) in [6.45, 7) is 3.66. The van der Waals surface area contributed by atoms with Crippen LogP contribution < -0.4 is 10.1 Å². The van der Waals surface area contributed by atoms with Crippen molar-refractivity contribution in [3.63, 3.8) is 0 Å². The first-order valence-corrected chi connectivity index (χ1v) is 5.94. The maximum absolute atomic E-state index is 11.4. The summed E-state index contributed by atoms with van der Waals surface area (Å²) >= 11 is 3.26. The molecule has 0 fully saturated rings. The van der Waals surface area contributed by atoms with Crippen LogP contribution in [-0.2, 0) is 4.79 Å². The first-order valence-electron chi connectivity index (χ1n) is 5.14.